The van der Waals surface area contributed by atoms with Crippen molar-refractivity contribution in [3.05, 3.63) is 10.1 Å². The van der Waals surface area contributed by atoms with Crippen molar-refractivity contribution in [1.82, 2.24) is 0 Å². The molecule has 100 valence electrons. The van der Waals surface area contributed by atoms with Gasteiger partial charge in [0.2, 0.25) is 0 Å². The Morgan fingerprint density at radius 1 is 1.24 bits per heavy atom. The van der Waals surface area contributed by atoms with Crippen molar-refractivity contribution in [2.75, 3.05) is 13.2 Å². The van der Waals surface area contributed by atoms with E-state index >= 15 is 0 Å². The number of rotatable bonds is 6. The van der Waals surface area contributed by atoms with E-state index in [0.717, 1.165) is 25.7 Å². The number of nitrogens with zero attached hydrogens (tertiary/aromatic N) is 1. The highest BCUT2D eigenvalue weighted by atomic mass is 16.7. The first-order valence-corrected chi connectivity index (χ1v) is 6.40. The van der Waals surface area contributed by atoms with Crippen LogP contribution in [-0.4, -0.2) is 29.5 Å². The zero-order valence-corrected chi connectivity index (χ0v) is 11.0. The molecule has 1 rings (SSSR count). The molecule has 0 unspecified atom stereocenters. The van der Waals surface area contributed by atoms with Crippen LogP contribution in [0.25, 0.3) is 0 Å². The van der Waals surface area contributed by atoms with Gasteiger partial charge in [-0.2, -0.15) is 0 Å². The molecule has 0 aromatic carbocycles. The van der Waals surface area contributed by atoms with Crippen molar-refractivity contribution >= 4 is 0 Å². The Hall–Kier alpha value is -0.680. The van der Waals surface area contributed by atoms with E-state index in [1.54, 1.807) is 6.92 Å². The first-order valence-electron chi connectivity index (χ1n) is 6.40. The van der Waals surface area contributed by atoms with Crippen molar-refractivity contribution in [2.45, 2.75) is 64.2 Å². The molecule has 17 heavy (non-hydrogen) atoms. The molecule has 0 bridgehead atoms. The third-order valence-electron chi connectivity index (χ3n) is 3.57. The Kier molecular flexibility index (Phi) is 4.89. The summed E-state index contributed by atoms with van der Waals surface area (Å²) in [7, 11) is 0. The van der Waals surface area contributed by atoms with Crippen LogP contribution in [0.1, 0.15) is 52.9 Å². The predicted molar refractivity (Wildman–Crippen MR) is 64.5 cm³/mol. The van der Waals surface area contributed by atoms with E-state index in [0.29, 0.717) is 6.42 Å². The fraction of sp³-hybridized carbons (Fsp3) is 1.00. The van der Waals surface area contributed by atoms with Gasteiger partial charge in [0.15, 0.2) is 5.79 Å². The summed E-state index contributed by atoms with van der Waals surface area (Å²) in [5, 5.41) is 11.0. The number of hydrogen-bond donors (Lipinski definition) is 0. The zero-order chi connectivity index (χ0) is 12.9. The Morgan fingerprint density at radius 2 is 1.82 bits per heavy atom. The van der Waals surface area contributed by atoms with Gasteiger partial charge in [-0.1, -0.05) is 26.7 Å². The summed E-state index contributed by atoms with van der Waals surface area (Å²) >= 11 is 0. The summed E-state index contributed by atoms with van der Waals surface area (Å²) < 4.78 is 11.2. The first kappa shape index (κ1) is 14.4. The quantitative estimate of drug-likeness (QED) is 0.410. The van der Waals surface area contributed by atoms with Crippen LogP contribution in [0.4, 0.5) is 0 Å². The third-order valence-corrected chi connectivity index (χ3v) is 3.57. The van der Waals surface area contributed by atoms with Crippen molar-refractivity contribution < 1.29 is 14.4 Å². The van der Waals surface area contributed by atoms with Crippen LogP contribution >= 0.6 is 0 Å². The minimum Gasteiger partial charge on any atom is -0.343 e. The molecule has 0 radical (unpaired) electrons. The predicted octanol–water partition coefficient (Wildman–Crippen LogP) is 2.76. The Labute approximate surface area is 103 Å². The smallest absolute Gasteiger partial charge is 0.267 e. The molecule has 1 aliphatic rings. The van der Waals surface area contributed by atoms with Crippen LogP contribution in [0.5, 0.6) is 0 Å². The van der Waals surface area contributed by atoms with Gasteiger partial charge in [0.05, 0.1) is 0 Å². The summed E-state index contributed by atoms with van der Waals surface area (Å²) in [6.07, 6.45) is 4.55. The maximum Gasteiger partial charge on any atom is 0.267 e. The van der Waals surface area contributed by atoms with Gasteiger partial charge in [-0.3, -0.25) is 10.1 Å². The van der Waals surface area contributed by atoms with Crippen molar-refractivity contribution in [2.24, 2.45) is 0 Å². The molecule has 1 fully saturated rings. The van der Waals surface area contributed by atoms with Crippen LogP contribution in [0.2, 0.25) is 0 Å². The summed E-state index contributed by atoms with van der Waals surface area (Å²) in [6.45, 7) is 6.12. The van der Waals surface area contributed by atoms with Crippen LogP contribution in [-0.2, 0) is 9.47 Å². The lowest BCUT2D eigenvalue weighted by atomic mass is 9.97. The van der Waals surface area contributed by atoms with E-state index in [1.165, 1.54) is 0 Å². The van der Waals surface area contributed by atoms with Crippen LogP contribution < -0.4 is 0 Å². The minimum atomic E-state index is -1.05. The largest absolute Gasteiger partial charge is 0.343 e. The van der Waals surface area contributed by atoms with E-state index in [9.17, 15) is 10.1 Å². The van der Waals surface area contributed by atoms with Crippen molar-refractivity contribution in [3.8, 4) is 0 Å². The number of unbranched alkanes of at least 4 members (excludes halogenated alkanes) is 2. The van der Waals surface area contributed by atoms with Gasteiger partial charge in [0, 0.05) is 17.8 Å². The van der Waals surface area contributed by atoms with Gasteiger partial charge in [-0.15, -0.1) is 0 Å². The molecule has 0 atom stereocenters. The van der Waals surface area contributed by atoms with Gasteiger partial charge in [-0.25, -0.2) is 0 Å². The van der Waals surface area contributed by atoms with E-state index in [2.05, 4.69) is 6.92 Å². The molecule has 1 saturated heterocycles. The lowest BCUT2D eigenvalue weighted by molar-refractivity contribution is -0.596. The monoisotopic (exact) mass is 245 g/mol. The normalized spacial score (nSPS) is 33.6. The van der Waals surface area contributed by atoms with Gasteiger partial charge < -0.3 is 9.47 Å². The Balaban J connectivity index is 2.50. The first-order chi connectivity index (χ1) is 7.98. The number of ether oxygens (including phenoxy) is 2. The maximum absolute atomic E-state index is 11.0. The molecule has 0 N–H and O–H groups in total. The molecule has 0 aliphatic carbocycles. The minimum absolute atomic E-state index is 0.152. The zero-order valence-electron chi connectivity index (χ0n) is 11.0. The van der Waals surface area contributed by atoms with Crippen molar-refractivity contribution in [3.63, 3.8) is 0 Å². The summed E-state index contributed by atoms with van der Waals surface area (Å²) in [4.78, 5) is 10.8. The van der Waals surface area contributed by atoms with Gasteiger partial charge >= 0.3 is 0 Å². The molecule has 0 aromatic heterocycles. The maximum atomic E-state index is 11.0. The SMILES string of the molecule is CCCCCC1(C)OCC(CC)([N+](=O)[O-])CO1. The molecule has 5 nitrogen and oxygen atoms in total. The van der Waals surface area contributed by atoms with Crippen LogP contribution in [0.15, 0.2) is 0 Å². The topological polar surface area (TPSA) is 61.6 Å². The summed E-state index contributed by atoms with van der Waals surface area (Å²) in [5.74, 6) is -0.635. The fourth-order valence-corrected chi connectivity index (χ4v) is 1.94. The highest BCUT2D eigenvalue weighted by Crippen LogP contribution is 2.31. The average Bonchev–Trinajstić information content (AvgIpc) is 2.30. The van der Waals surface area contributed by atoms with E-state index in [-0.39, 0.29) is 18.1 Å². The third kappa shape index (κ3) is 3.39. The molecular weight excluding hydrogens is 222 g/mol. The molecule has 5 heteroatoms. The van der Waals surface area contributed by atoms with Gasteiger partial charge in [0.1, 0.15) is 13.2 Å². The molecule has 1 heterocycles. The van der Waals surface area contributed by atoms with Gasteiger partial charge in [-0.05, 0) is 13.3 Å². The highest BCUT2D eigenvalue weighted by Gasteiger charge is 2.49. The highest BCUT2D eigenvalue weighted by molar-refractivity contribution is 4.84. The lowest BCUT2D eigenvalue weighted by Gasteiger charge is -2.39. The number of hydrogen-bond acceptors (Lipinski definition) is 4. The summed E-state index contributed by atoms with van der Waals surface area (Å²) in [5.41, 5.74) is -1.05. The fourth-order valence-electron chi connectivity index (χ4n) is 1.94. The van der Waals surface area contributed by atoms with E-state index in [4.69, 9.17) is 9.47 Å². The van der Waals surface area contributed by atoms with Crippen LogP contribution in [0, 0.1) is 10.1 Å². The average molecular weight is 245 g/mol. The Morgan fingerprint density at radius 3 is 2.24 bits per heavy atom. The second kappa shape index (κ2) is 5.78. The van der Waals surface area contributed by atoms with Gasteiger partial charge in [0.25, 0.3) is 5.54 Å². The Bertz CT molecular complexity index is 259. The second-order valence-electron chi connectivity index (χ2n) is 5.00. The lowest BCUT2D eigenvalue weighted by Crippen LogP contribution is -2.56. The van der Waals surface area contributed by atoms with E-state index < -0.39 is 11.3 Å². The molecular formula is C12H23NO4. The van der Waals surface area contributed by atoms with E-state index in [1.807, 2.05) is 6.92 Å². The molecule has 0 saturated carbocycles. The van der Waals surface area contributed by atoms with Crippen molar-refractivity contribution in [1.29, 1.82) is 0 Å². The standard InChI is InChI=1S/C12H23NO4/c1-4-6-7-8-11(3)16-9-12(5-2,10-17-11)13(14)15/h4-10H2,1-3H3. The molecule has 0 spiro atoms. The summed E-state index contributed by atoms with van der Waals surface area (Å²) in [6, 6.07) is 0. The molecule has 1 aliphatic heterocycles. The second-order valence-corrected chi connectivity index (χ2v) is 5.00. The molecule has 0 amide bonds. The number of nitro groups is 1. The molecule has 0 aromatic rings. The van der Waals surface area contributed by atoms with Crippen LogP contribution in [0.3, 0.4) is 0 Å².